The van der Waals surface area contributed by atoms with Crippen LogP contribution in [-0.4, -0.2) is 62.3 Å². The number of carbonyl (C=O) groups is 1. The molecule has 0 spiro atoms. The van der Waals surface area contributed by atoms with E-state index in [0.29, 0.717) is 18.5 Å². The van der Waals surface area contributed by atoms with Gasteiger partial charge in [0, 0.05) is 38.6 Å². The number of hydrogen-bond donors (Lipinski definition) is 0. The molecule has 3 fully saturated rings. The van der Waals surface area contributed by atoms with E-state index >= 15 is 0 Å². The minimum absolute atomic E-state index is 0.0365. The van der Waals surface area contributed by atoms with Crippen molar-refractivity contribution in [2.24, 2.45) is 13.0 Å². The highest BCUT2D eigenvalue weighted by Gasteiger charge is 2.40. The molecule has 2 atom stereocenters. The van der Waals surface area contributed by atoms with Crippen molar-refractivity contribution < 1.29 is 4.79 Å². The molecule has 0 unspecified atom stereocenters. The molecule has 0 N–H and O–H groups in total. The molecule has 1 aromatic heterocycles. The van der Waals surface area contributed by atoms with E-state index in [-0.39, 0.29) is 17.5 Å². The molecule has 4 heterocycles. The van der Waals surface area contributed by atoms with Crippen LogP contribution in [0.2, 0.25) is 0 Å². The van der Waals surface area contributed by atoms with Crippen molar-refractivity contribution in [1.82, 2.24) is 24.1 Å². The highest BCUT2D eigenvalue weighted by molar-refractivity contribution is 5.79. The van der Waals surface area contributed by atoms with Crippen molar-refractivity contribution in [3.05, 3.63) is 16.3 Å². The topological polar surface area (TPSA) is 63.4 Å². The zero-order chi connectivity index (χ0) is 19.0. The maximum absolute atomic E-state index is 13.3. The largest absolute Gasteiger partial charge is 0.345 e. The van der Waals surface area contributed by atoms with Crippen LogP contribution in [0.3, 0.4) is 0 Å². The third-order valence-electron chi connectivity index (χ3n) is 6.93. The molecule has 4 rings (SSSR count). The van der Waals surface area contributed by atoms with Gasteiger partial charge in [0.2, 0.25) is 5.91 Å². The van der Waals surface area contributed by atoms with Crippen molar-refractivity contribution in [1.29, 1.82) is 0 Å². The van der Waals surface area contributed by atoms with Gasteiger partial charge in [-0.25, -0.2) is 9.48 Å². The first-order chi connectivity index (χ1) is 13.1. The normalized spacial score (nSPS) is 27.6. The first-order valence-electron chi connectivity index (χ1n) is 10.8. The molecule has 27 heavy (non-hydrogen) atoms. The van der Waals surface area contributed by atoms with Gasteiger partial charge in [-0.3, -0.25) is 14.3 Å². The average molecular weight is 376 g/mol. The molecule has 150 valence electrons. The predicted octanol–water partition coefficient (Wildman–Crippen LogP) is 1.57. The third-order valence-corrected chi connectivity index (χ3v) is 6.93. The van der Waals surface area contributed by atoms with Crippen molar-refractivity contribution in [3.63, 3.8) is 0 Å². The number of amides is 1. The summed E-state index contributed by atoms with van der Waals surface area (Å²) >= 11 is 0. The molecule has 0 aliphatic carbocycles. The molecule has 7 nitrogen and oxygen atoms in total. The molecule has 0 radical (unpaired) electrons. The lowest BCUT2D eigenvalue weighted by Gasteiger charge is -2.45. The lowest BCUT2D eigenvalue weighted by molar-refractivity contribution is -0.141. The number of aromatic nitrogens is 3. The highest BCUT2D eigenvalue weighted by atomic mass is 16.2. The van der Waals surface area contributed by atoms with Gasteiger partial charge in [0.1, 0.15) is 5.82 Å². The molecule has 7 heteroatoms. The molecule has 0 saturated carbocycles. The van der Waals surface area contributed by atoms with Crippen LogP contribution in [0, 0.1) is 5.92 Å². The van der Waals surface area contributed by atoms with E-state index in [4.69, 9.17) is 0 Å². The molecule has 0 bridgehead atoms. The van der Waals surface area contributed by atoms with Gasteiger partial charge in [-0.2, -0.15) is 5.10 Å². The maximum atomic E-state index is 13.3. The zero-order valence-corrected chi connectivity index (χ0v) is 16.8. The molecule has 3 aliphatic rings. The van der Waals surface area contributed by atoms with Crippen molar-refractivity contribution in [2.75, 3.05) is 26.2 Å². The van der Waals surface area contributed by atoms with E-state index in [2.05, 4.69) is 14.9 Å². The minimum Gasteiger partial charge on any atom is -0.342 e. The second-order valence-electron chi connectivity index (χ2n) is 8.46. The summed E-state index contributed by atoms with van der Waals surface area (Å²) in [5.74, 6) is 1.74. The summed E-state index contributed by atoms with van der Waals surface area (Å²) in [6.07, 6.45) is 7.75. The standard InChI is InChI=1S/C20H33N5O2/c1-3-25-18(21-22(2)20(25)27)15-9-13-24(14-10-15)19(26)16-7-6-12-23-11-5-4-8-17(16)23/h15-17H,3-14H2,1-2H3/t16-,17-/m1/s1. The zero-order valence-electron chi connectivity index (χ0n) is 16.8. The average Bonchev–Trinajstić information content (AvgIpc) is 3.01. The van der Waals surface area contributed by atoms with E-state index in [1.807, 2.05) is 6.92 Å². The van der Waals surface area contributed by atoms with E-state index in [9.17, 15) is 9.59 Å². The van der Waals surface area contributed by atoms with Crippen LogP contribution in [0.15, 0.2) is 4.79 Å². The Morgan fingerprint density at radius 2 is 1.78 bits per heavy atom. The van der Waals surface area contributed by atoms with Gasteiger partial charge in [-0.1, -0.05) is 6.42 Å². The summed E-state index contributed by atoms with van der Waals surface area (Å²) in [6, 6.07) is 0.471. The number of aryl methyl sites for hydroxylation is 1. The fourth-order valence-corrected chi connectivity index (χ4v) is 5.46. The van der Waals surface area contributed by atoms with E-state index < -0.39 is 0 Å². The smallest absolute Gasteiger partial charge is 0.342 e. The van der Waals surface area contributed by atoms with Crippen LogP contribution in [-0.2, 0) is 18.4 Å². The fraction of sp³-hybridized carbons (Fsp3) is 0.850. The summed E-state index contributed by atoms with van der Waals surface area (Å²) < 4.78 is 3.22. The van der Waals surface area contributed by atoms with Gasteiger partial charge >= 0.3 is 5.69 Å². The number of nitrogens with zero attached hydrogens (tertiary/aromatic N) is 5. The Bertz CT molecular complexity index is 729. The SMILES string of the molecule is CCn1c(C2CCN(C(=O)[C@@H]3CCCN4CCCC[C@H]34)CC2)nn(C)c1=O. The Balaban J connectivity index is 1.41. The maximum Gasteiger partial charge on any atom is 0.345 e. The Morgan fingerprint density at radius 3 is 2.52 bits per heavy atom. The van der Waals surface area contributed by atoms with Gasteiger partial charge in [0.25, 0.3) is 0 Å². The summed E-state index contributed by atoms with van der Waals surface area (Å²) in [5, 5.41) is 4.48. The molecule has 0 aromatic carbocycles. The lowest BCUT2D eigenvalue weighted by Crippen LogP contribution is -2.54. The lowest BCUT2D eigenvalue weighted by atomic mass is 9.82. The third kappa shape index (κ3) is 3.46. The van der Waals surface area contributed by atoms with Gasteiger partial charge < -0.3 is 4.90 Å². The molecule has 1 amide bonds. The van der Waals surface area contributed by atoms with E-state index in [1.54, 1.807) is 11.6 Å². The predicted molar refractivity (Wildman–Crippen MR) is 104 cm³/mol. The van der Waals surface area contributed by atoms with E-state index in [0.717, 1.165) is 44.6 Å². The van der Waals surface area contributed by atoms with Crippen LogP contribution in [0.1, 0.15) is 63.6 Å². The minimum atomic E-state index is -0.0365. The number of hydrogen-bond acceptors (Lipinski definition) is 4. The van der Waals surface area contributed by atoms with E-state index in [1.165, 1.54) is 37.0 Å². The molecule has 1 aromatic rings. The Hall–Kier alpha value is -1.63. The number of piperidine rings is 3. The van der Waals surface area contributed by atoms with Crippen molar-refractivity contribution in [3.8, 4) is 0 Å². The van der Waals surface area contributed by atoms with Crippen LogP contribution in [0.25, 0.3) is 0 Å². The highest BCUT2D eigenvalue weighted by Crippen LogP contribution is 2.34. The number of fused-ring (bicyclic) bond motifs is 1. The Morgan fingerprint density at radius 1 is 1.04 bits per heavy atom. The molecular formula is C20H33N5O2. The first kappa shape index (κ1) is 18.7. The number of carbonyl (C=O) groups excluding carboxylic acids is 1. The number of rotatable bonds is 3. The van der Waals surface area contributed by atoms with Crippen molar-refractivity contribution >= 4 is 5.91 Å². The van der Waals surface area contributed by atoms with Gasteiger partial charge in [0.05, 0.1) is 5.92 Å². The van der Waals surface area contributed by atoms with Crippen LogP contribution in [0.5, 0.6) is 0 Å². The summed E-state index contributed by atoms with van der Waals surface area (Å²) in [6.45, 7) is 6.57. The van der Waals surface area contributed by atoms with Crippen LogP contribution < -0.4 is 5.69 Å². The second-order valence-corrected chi connectivity index (χ2v) is 8.46. The van der Waals surface area contributed by atoms with Gasteiger partial charge in [-0.15, -0.1) is 0 Å². The Labute approximate surface area is 161 Å². The molecular weight excluding hydrogens is 342 g/mol. The molecule has 3 saturated heterocycles. The Kier molecular flexibility index (Phi) is 5.39. The number of likely N-dealkylation sites (tertiary alicyclic amines) is 1. The quantitative estimate of drug-likeness (QED) is 0.805. The second kappa shape index (κ2) is 7.78. The van der Waals surface area contributed by atoms with Gasteiger partial charge in [-0.05, 0) is 58.5 Å². The summed E-state index contributed by atoms with van der Waals surface area (Å²) in [5.41, 5.74) is -0.0365. The van der Waals surface area contributed by atoms with Crippen LogP contribution >= 0.6 is 0 Å². The molecule has 3 aliphatic heterocycles. The monoisotopic (exact) mass is 375 g/mol. The van der Waals surface area contributed by atoms with Gasteiger partial charge in [0.15, 0.2) is 0 Å². The summed E-state index contributed by atoms with van der Waals surface area (Å²) in [7, 11) is 1.72. The summed E-state index contributed by atoms with van der Waals surface area (Å²) in [4.78, 5) is 30.1. The first-order valence-corrected chi connectivity index (χ1v) is 10.8. The fourth-order valence-electron chi connectivity index (χ4n) is 5.46. The van der Waals surface area contributed by atoms with Crippen LogP contribution in [0.4, 0.5) is 0 Å². The van der Waals surface area contributed by atoms with Crippen molar-refractivity contribution in [2.45, 2.75) is 70.4 Å².